The van der Waals surface area contributed by atoms with E-state index in [0.29, 0.717) is 23.4 Å². The number of hydrogen-bond acceptors (Lipinski definition) is 3. The van der Waals surface area contributed by atoms with E-state index in [9.17, 15) is 4.79 Å². The van der Waals surface area contributed by atoms with Crippen molar-refractivity contribution in [2.75, 3.05) is 0 Å². The first-order valence-corrected chi connectivity index (χ1v) is 10.1. The van der Waals surface area contributed by atoms with E-state index in [1.807, 2.05) is 41.0 Å². The number of aryl methyl sites for hydroxylation is 1. The Balaban J connectivity index is 1.64. The van der Waals surface area contributed by atoms with Gasteiger partial charge in [-0.05, 0) is 49.1 Å². The normalized spacial score (nSPS) is 14.2. The fourth-order valence-corrected chi connectivity index (χ4v) is 3.56. The van der Waals surface area contributed by atoms with Crippen molar-refractivity contribution >= 4 is 23.0 Å². The van der Waals surface area contributed by atoms with Crippen molar-refractivity contribution in [1.29, 1.82) is 0 Å². The molecule has 4 nitrogen and oxygen atoms in total. The molecule has 0 N–H and O–H groups in total. The molecule has 1 aliphatic carbocycles. The molecule has 27 heavy (non-hydrogen) atoms. The lowest BCUT2D eigenvalue weighted by molar-refractivity contribution is 0.0976. The largest absolute Gasteiger partial charge is 0.294 e. The summed E-state index contributed by atoms with van der Waals surface area (Å²) in [5.41, 5.74) is 4.62. The van der Waals surface area contributed by atoms with Crippen LogP contribution in [0.4, 0.5) is 0 Å². The average Bonchev–Trinajstić information content (AvgIpc) is 3.36. The molecule has 3 aromatic rings. The summed E-state index contributed by atoms with van der Waals surface area (Å²) < 4.78 is 1.82. The van der Waals surface area contributed by atoms with Crippen molar-refractivity contribution in [3.05, 3.63) is 52.8 Å². The number of benzene rings is 1. The molecule has 0 spiro atoms. The molecule has 1 aliphatic rings. The van der Waals surface area contributed by atoms with E-state index in [0.717, 1.165) is 40.9 Å². The maximum atomic E-state index is 12.3. The third kappa shape index (κ3) is 4.06. The number of halogens is 1. The Kier molecular flexibility index (Phi) is 5.00. The average molecular weight is 382 g/mol. The maximum absolute atomic E-state index is 12.3. The van der Waals surface area contributed by atoms with E-state index in [-0.39, 0.29) is 5.78 Å². The number of carbonyl (C=O) groups excluding carboxylic acids is 1. The highest BCUT2D eigenvalue weighted by Gasteiger charge is 2.24. The minimum absolute atomic E-state index is 0.235. The summed E-state index contributed by atoms with van der Waals surface area (Å²) in [4.78, 5) is 16.9. The molecule has 0 saturated heterocycles. The molecule has 1 fully saturated rings. The van der Waals surface area contributed by atoms with Gasteiger partial charge in [-0.2, -0.15) is 5.10 Å². The number of hydrogen-bond donors (Lipinski definition) is 0. The van der Waals surface area contributed by atoms with Crippen molar-refractivity contribution in [2.45, 2.75) is 46.0 Å². The quantitative estimate of drug-likeness (QED) is 0.499. The van der Waals surface area contributed by atoms with Crippen LogP contribution in [0.15, 0.2) is 36.5 Å². The zero-order valence-corrected chi connectivity index (χ0v) is 16.5. The van der Waals surface area contributed by atoms with Crippen LogP contribution < -0.4 is 0 Å². The first-order valence-electron chi connectivity index (χ1n) is 9.68. The predicted octanol–water partition coefficient (Wildman–Crippen LogP) is 5.62. The zero-order chi connectivity index (χ0) is 19.0. The number of nitrogens with zero attached hydrogens (tertiary/aromatic N) is 3. The van der Waals surface area contributed by atoms with E-state index >= 15 is 0 Å². The smallest absolute Gasteiger partial charge is 0.163 e. The molecule has 2 heterocycles. The summed E-state index contributed by atoms with van der Waals surface area (Å²) in [7, 11) is 0. The van der Waals surface area contributed by atoms with Gasteiger partial charge < -0.3 is 0 Å². The van der Waals surface area contributed by atoms with Gasteiger partial charge in [0.05, 0.1) is 11.9 Å². The summed E-state index contributed by atoms with van der Waals surface area (Å²) in [6.45, 7) is 4.42. The maximum Gasteiger partial charge on any atom is 0.163 e. The lowest BCUT2D eigenvalue weighted by Gasteiger charge is -2.08. The number of carbonyl (C=O) groups is 1. The Morgan fingerprint density at radius 3 is 2.67 bits per heavy atom. The first-order chi connectivity index (χ1) is 13.0. The second kappa shape index (κ2) is 7.43. The van der Waals surface area contributed by atoms with Crippen molar-refractivity contribution in [3.63, 3.8) is 0 Å². The van der Waals surface area contributed by atoms with Crippen LogP contribution in [0.5, 0.6) is 0 Å². The minimum atomic E-state index is 0.235. The molecular formula is C22H24ClN3O. The van der Waals surface area contributed by atoms with E-state index in [1.165, 1.54) is 12.8 Å². The highest BCUT2D eigenvalue weighted by molar-refractivity contribution is 6.29. The van der Waals surface area contributed by atoms with Gasteiger partial charge >= 0.3 is 0 Å². The Hall–Kier alpha value is -2.20. The van der Waals surface area contributed by atoms with Crippen molar-refractivity contribution < 1.29 is 4.79 Å². The van der Waals surface area contributed by atoms with Gasteiger partial charge in [0.25, 0.3) is 0 Å². The number of imidazole rings is 1. The summed E-state index contributed by atoms with van der Waals surface area (Å²) in [5.74, 6) is 1.46. The van der Waals surface area contributed by atoms with Crippen molar-refractivity contribution in [1.82, 2.24) is 14.6 Å². The van der Waals surface area contributed by atoms with Crippen LogP contribution in [0.25, 0.3) is 16.9 Å². The van der Waals surface area contributed by atoms with Crippen molar-refractivity contribution in [3.8, 4) is 11.3 Å². The molecule has 0 amide bonds. The van der Waals surface area contributed by atoms with Crippen molar-refractivity contribution in [2.24, 2.45) is 11.8 Å². The standard InChI is InChI=1S/C22H24ClN3O/c1-14(2)3-6-18-12-21(23)25-26-19(13-24-22(18)26)16-7-9-17(10-8-16)20(27)11-15-4-5-15/h7-10,12-15H,3-6,11H2,1-2H3. The number of ketones is 1. The van der Waals surface area contributed by atoms with Gasteiger partial charge in [-0.3, -0.25) is 4.79 Å². The Morgan fingerprint density at radius 1 is 1.26 bits per heavy atom. The lowest BCUT2D eigenvalue weighted by atomic mass is 10.0. The molecule has 140 valence electrons. The topological polar surface area (TPSA) is 47.3 Å². The van der Waals surface area contributed by atoms with Gasteiger partial charge in [0.15, 0.2) is 11.4 Å². The van der Waals surface area contributed by atoms with Crippen LogP contribution in [0.1, 0.15) is 55.5 Å². The second-order valence-electron chi connectivity index (χ2n) is 7.95. The Bertz CT molecular complexity index is 971. The molecule has 1 aromatic carbocycles. The fourth-order valence-electron chi connectivity index (χ4n) is 3.35. The van der Waals surface area contributed by atoms with Gasteiger partial charge in [0.2, 0.25) is 0 Å². The molecule has 0 radical (unpaired) electrons. The third-order valence-corrected chi connectivity index (χ3v) is 5.36. The van der Waals surface area contributed by atoms with Crippen LogP contribution in [0, 0.1) is 11.8 Å². The SMILES string of the molecule is CC(C)CCc1cc(Cl)nn2c(-c3ccc(C(=O)CC4CC4)cc3)cnc12. The Labute approximate surface area is 164 Å². The first kappa shape index (κ1) is 18.2. The van der Waals surface area contributed by atoms with Gasteiger partial charge in [-0.1, -0.05) is 49.7 Å². The van der Waals surface area contributed by atoms with Gasteiger partial charge in [0.1, 0.15) is 5.15 Å². The van der Waals surface area contributed by atoms with Gasteiger partial charge in [-0.25, -0.2) is 9.50 Å². The number of aromatic nitrogens is 3. The predicted molar refractivity (Wildman–Crippen MR) is 108 cm³/mol. The highest BCUT2D eigenvalue weighted by Crippen LogP contribution is 2.33. The number of fused-ring (bicyclic) bond motifs is 1. The van der Waals surface area contributed by atoms with Crippen LogP contribution in [-0.2, 0) is 6.42 Å². The zero-order valence-electron chi connectivity index (χ0n) is 15.8. The number of rotatable bonds is 7. The molecule has 2 aromatic heterocycles. The molecule has 1 saturated carbocycles. The summed E-state index contributed by atoms with van der Waals surface area (Å²) in [6, 6.07) is 9.67. The van der Waals surface area contributed by atoms with E-state index < -0.39 is 0 Å². The van der Waals surface area contributed by atoms with Gasteiger partial charge in [-0.15, -0.1) is 0 Å². The highest BCUT2D eigenvalue weighted by atomic mass is 35.5. The summed E-state index contributed by atoms with van der Waals surface area (Å²) in [6.07, 6.45) is 6.89. The molecule has 0 atom stereocenters. The van der Waals surface area contributed by atoms with Gasteiger partial charge in [0, 0.05) is 17.5 Å². The number of Topliss-reactive ketones (excluding diaryl/α,β-unsaturated/α-hetero) is 1. The van der Waals surface area contributed by atoms with E-state index in [1.54, 1.807) is 0 Å². The summed E-state index contributed by atoms with van der Waals surface area (Å²) in [5, 5.41) is 4.93. The monoisotopic (exact) mass is 381 g/mol. The second-order valence-corrected chi connectivity index (χ2v) is 8.34. The molecular weight excluding hydrogens is 358 g/mol. The van der Waals surface area contributed by atoms with Crippen LogP contribution >= 0.6 is 11.6 Å². The summed E-state index contributed by atoms with van der Waals surface area (Å²) >= 11 is 6.27. The Morgan fingerprint density at radius 2 is 2.00 bits per heavy atom. The van der Waals surface area contributed by atoms with Crippen LogP contribution in [0.2, 0.25) is 5.15 Å². The van der Waals surface area contributed by atoms with E-state index in [2.05, 4.69) is 23.9 Å². The lowest BCUT2D eigenvalue weighted by Crippen LogP contribution is -2.02. The minimum Gasteiger partial charge on any atom is -0.294 e. The molecule has 0 unspecified atom stereocenters. The molecule has 0 aliphatic heterocycles. The molecule has 0 bridgehead atoms. The fraction of sp³-hybridized carbons (Fsp3) is 0.409. The van der Waals surface area contributed by atoms with E-state index in [4.69, 9.17) is 11.6 Å². The van der Waals surface area contributed by atoms with Crippen LogP contribution in [-0.4, -0.2) is 20.4 Å². The molecule has 5 heteroatoms. The molecule has 4 rings (SSSR count). The van der Waals surface area contributed by atoms with Crippen LogP contribution in [0.3, 0.4) is 0 Å². The third-order valence-electron chi connectivity index (χ3n) is 5.18.